The van der Waals surface area contributed by atoms with Crippen LogP contribution in [0.25, 0.3) is 5.65 Å². The molecule has 3 rings (SSSR count). The van der Waals surface area contributed by atoms with Gasteiger partial charge in [0.05, 0.1) is 0 Å². The van der Waals surface area contributed by atoms with Crippen LogP contribution < -0.4 is 4.90 Å². The van der Waals surface area contributed by atoms with Crippen molar-refractivity contribution in [2.24, 2.45) is 5.41 Å². The lowest BCUT2D eigenvalue weighted by Crippen LogP contribution is -2.27. The van der Waals surface area contributed by atoms with E-state index in [0.717, 1.165) is 29.2 Å². The molecule has 0 aromatic carbocycles. The topological polar surface area (TPSA) is 33.4 Å². The minimum atomic E-state index is 0.452. The van der Waals surface area contributed by atoms with Crippen LogP contribution in [0.5, 0.6) is 0 Å². The number of rotatable bonds is 3. The zero-order valence-electron chi connectivity index (χ0n) is 11.4. The van der Waals surface area contributed by atoms with Crippen molar-refractivity contribution < 1.29 is 0 Å². The summed E-state index contributed by atoms with van der Waals surface area (Å²) in [6.07, 6.45) is 9.47. The van der Waals surface area contributed by atoms with Crippen LogP contribution in [0.15, 0.2) is 23.2 Å². The molecule has 0 N–H and O–H groups in total. The van der Waals surface area contributed by atoms with Gasteiger partial charge in [-0.1, -0.05) is 13.8 Å². The Balaban J connectivity index is 1.99. The molecule has 102 valence electrons. The van der Waals surface area contributed by atoms with Gasteiger partial charge in [-0.3, -0.25) is 0 Å². The van der Waals surface area contributed by atoms with E-state index in [1.807, 2.05) is 23.0 Å². The number of hydrogen-bond donors (Lipinski definition) is 0. The molecule has 0 spiro atoms. The Morgan fingerprint density at radius 2 is 2.16 bits per heavy atom. The van der Waals surface area contributed by atoms with Crippen molar-refractivity contribution in [1.82, 2.24) is 14.4 Å². The van der Waals surface area contributed by atoms with E-state index < -0.39 is 0 Å². The van der Waals surface area contributed by atoms with Crippen LogP contribution in [0, 0.1) is 5.41 Å². The van der Waals surface area contributed by atoms with Crippen molar-refractivity contribution >= 4 is 27.4 Å². The first-order valence-corrected chi connectivity index (χ1v) is 7.71. The van der Waals surface area contributed by atoms with Gasteiger partial charge in [0.25, 0.3) is 0 Å². The highest BCUT2D eigenvalue weighted by molar-refractivity contribution is 9.10. The Bertz CT molecular complexity index is 588. The van der Waals surface area contributed by atoms with Crippen molar-refractivity contribution in [2.75, 3.05) is 18.0 Å². The predicted molar refractivity (Wildman–Crippen MR) is 80.5 cm³/mol. The first-order chi connectivity index (χ1) is 9.17. The van der Waals surface area contributed by atoms with Crippen LogP contribution in [-0.4, -0.2) is 27.5 Å². The summed E-state index contributed by atoms with van der Waals surface area (Å²) in [5.74, 6) is 1.00. The van der Waals surface area contributed by atoms with Crippen molar-refractivity contribution in [3.63, 3.8) is 0 Å². The highest BCUT2D eigenvalue weighted by atomic mass is 79.9. The second-order valence-electron chi connectivity index (χ2n) is 5.42. The standard InChI is InChI=1S/C14H19BrN4/c1-3-14(4-2)5-7-19(10-14)13-12-16-6-8-18(12)9-11(15)17-13/h6,8-9H,3-5,7,10H2,1-2H3. The van der Waals surface area contributed by atoms with Gasteiger partial charge in [-0.05, 0) is 40.6 Å². The molecule has 0 bridgehead atoms. The number of nitrogens with zero attached hydrogens (tertiary/aromatic N) is 4. The molecular weight excluding hydrogens is 304 g/mol. The van der Waals surface area contributed by atoms with Crippen molar-refractivity contribution in [1.29, 1.82) is 0 Å². The molecule has 19 heavy (non-hydrogen) atoms. The molecular formula is C14H19BrN4. The van der Waals surface area contributed by atoms with Crippen LogP contribution in [0.4, 0.5) is 5.82 Å². The second-order valence-corrected chi connectivity index (χ2v) is 6.24. The first kappa shape index (κ1) is 12.9. The van der Waals surface area contributed by atoms with E-state index in [2.05, 4.69) is 44.6 Å². The summed E-state index contributed by atoms with van der Waals surface area (Å²) in [6, 6.07) is 0. The lowest BCUT2D eigenvalue weighted by molar-refractivity contribution is 0.301. The molecule has 0 saturated carbocycles. The quantitative estimate of drug-likeness (QED) is 0.867. The molecule has 5 heteroatoms. The molecule has 0 amide bonds. The van der Waals surface area contributed by atoms with Gasteiger partial charge in [0.2, 0.25) is 0 Å². The molecule has 2 aromatic heterocycles. The van der Waals surface area contributed by atoms with E-state index >= 15 is 0 Å². The summed E-state index contributed by atoms with van der Waals surface area (Å²) >= 11 is 3.49. The van der Waals surface area contributed by atoms with E-state index in [1.165, 1.54) is 19.3 Å². The van der Waals surface area contributed by atoms with Crippen LogP contribution in [-0.2, 0) is 0 Å². The van der Waals surface area contributed by atoms with Gasteiger partial charge in [-0.25, -0.2) is 9.97 Å². The average Bonchev–Trinajstić information content (AvgIpc) is 3.04. The fraction of sp³-hybridized carbons (Fsp3) is 0.571. The molecule has 1 saturated heterocycles. The summed E-state index contributed by atoms with van der Waals surface area (Å²) in [6.45, 7) is 6.76. The summed E-state index contributed by atoms with van der Waals surface area (Å²) in [7, 11) is 0. The van der Waals surface area contributed by atoms with Crippen LogP contribution >= 0.6 is 15.9 Å². The molecule has 0 aliphatic carbocycles. The molecule has 0 radical (unpaired) electrons. The normalized spacial score (nSPS) is 18.4. The van der Waals surface area contributed by atoms with Crippen molar-refractivity contribution in [3.05, 3.63) is 23.2 Å². The zero-order chi connectivity index (χ0) is 13.5. The highest BCUT2D eigenvalue weighted by Gasteiger charge is 2.36. The second kappa shape index (κ2) is 4.78. The number of halogens is 1. The Labute approximate surface area is 122 Å². The highest BCUT2D eigenvalue weighted by Crippen LogP contribution is 2.39. The number of fused-ring (bicyclic) bond motifs is 1. The first-order valence-electron chi connectivity index (χ1n) is 6.91. The van der Waals surface area contributed by atoms with Gasteiger partial charge in [-0.15, -0.1) is 0 Å². The van der Waals surface area contributed by atoms with Crippen LogP contribution in [0.2, 0.25) is 0 Å². The van der Waals surface area contributed by atoms with Gasteiger partial charge in [-0.2, -0.15) is 0 Å². The molecule has 3 heterocycles. The van der Waals surface area contributed by atoms with Gasteiger partial charge >= 0.3 is 0 Å². The minimum absolute atomic E-state index is 0.452. The van der Waals surface area contributed by atoms with Crippen molar-refractivity contribution in [3.8, 4) is 0 Å². The van der Waals surface area contributed by atoms with E-state index in [-0.39, 0.29) is 0 Å². The average molecular weight is 323 g/mol. The smallest absolute Gasteiger partial charge is 0.180 e. The zero-order valence-corrected chi connectivity index (χ0v) is 13.0. The third-order valence-corrected chi connectivity index (χ3v) is 4.95. The van der Waals surface area contributed by atoms with E-state index in [9.17, 15) is 0 Å². The third kappa shape index (κ3) is 2.14. The van der Waals surface area contributed by atoms with E-state index in [1.54, 1.807) is 0 Å². The summed E-state index contributed by atoms with van der Waals surface area (Å²) in [5, 5.41) is 0. The van der Waals surface area contributed by atoms with Gasteiger partial charge in [0, 0.05) is 31.7 Å². The largest absolute Gasteiger partial charge is 0.353 e. The maximum Gasteiger partial charge on any atom is 0.180 e. The maximum absolute atomic E-state index is 4.65. The molecule has 0 atom stereocenters. The SMILES string of the molecule is CCC1(CC)CCN(c2nc(Br)cn3ccnc23)C1. The fourth-order valence-corrected chi connectivity index (χ4v) is 3.43. The molecule has 4 nitrogen and oxygen atoms in total. The maximum atomic E-state index is 4.65. The van der Waals surface area contributed by atoms with Gasteiger partial charge in [0.15, 0.2) is 11.5 Å². The number of aromatic nitrogens is 3. The predicted octanol–water partition coefficient (Wildman–Crippen LogP) is 3.51. The fourth-order valence-electron chi connectivity index (χ4n) is 3.04. The number of anilines is 1. The third-order valence-electron chi connectivity index (χ3n) is 4.56. The Hall–Kier alpha value is -1.10. The van der Waals surface area contributed by atoms with Gasteiger partial charge < -0.3 is 9.30 Å². The van der Waals surface area contributed by atoms with Crippen molar-refractivity contribution in [2.45, 2.75) is 33.1 Å². The van der Waals surface area contributed by atoms with Crippen LogP contribution in [0.3, 0.4) is 0 Å². The lowest BCUT2D eigenvalue weighted by atomic mass is 9.82. The number of imidazole rings is 1. The Morgan fingerprint density at radius 3 is 2.84 bits per heavy atom. The summed E-state index contributed by atoms with van der Waals surface area (Å²) in [4.78, 5) is 11.5. The monoisotopic (exact) mass is 322 g/mol. The molecule has 1 fully saturated rings. The van der Waals surface area contributed by atoms with E-state index in [0.29, 0.717) is 5.41 Å². The minimum Gasteiger partial charge on any atom is -0.353 e. The molecule has 1 aliphatic heterocycles. The Morgan fingerprint density at radius 1 is 1.37 bits per heavy atom. The number of hydrogen-bond acceptors (Lipinski definition) is 3. The summed E-state index contributed by atoms with van der Waals surface area (Å²) < 4.78 is 2.89. The molecule has 2 aromatic rings. The van der Waals surface area contributed by atoms with E-state index in [4.69, 9.17) is 0 Å². The molecule has 0 unspecified atom stereocenters. The van der Waals surface area contributed by atoms with Gasteiger partial charge in [0.1, 0.15) is 4.60 Å². The lowest BCUT2D eigenvalue weighted by Gasteiger charge is -2.26. The molecule has 1 aliphatic rings. The summed E-state index contributed by atoms with van der Waals surface area (Å²) in [5.41, 5.74) is 1.40. The Kier molecular flexibility index (Phi) is 3.25. The van der Waals surface area contributed by atoms with Crippen LogP contribution in [0.1, 0.15) is 33.1 Å².